The van der Waals surface area contributed by atoms with E-state index in [9.17, 15) is 0 Å². The van der Waals surface area contributed by atoms with Crippen LogP contribution in [0.3, 0.4) is 0 Å². The van der Waals surface area contributed by atoms with Crippen LogP contribution in [0.5, 0.6) is 0 Å². The molecule has 5 aliphatic rings. The van der Waals surface area contributed by atoms with E-state index in [0.29, 0.717) is 17.3 Å². The minimum Gasteiger partial charge on any atom is -0.456 e. The topological polar surface area (TPSA) is 32.8 Å². The highest BCUT2D eigenvalue weighted by atomic mass is 32.1. The van der Waals surface area contributed by atoms with E-state index >= 15 is 0 Å². The van der Waals surface area contributed by atoms with Crippen molar-refractivity contribution < 1.29 is 8.83 Å². The lowest BCUT2D eigenvalue weighted by atomic mass is 9.39. The van der Waals surface area contributed by atoms with Crippen LogP contribution in [-0.2, 0) is 5.41 Å². The quantitative estimate of drug-likeness (QED) is 0.166. The molecule has 16 aromatic rings. The second kappa shape index (κ2) is 17.0. The van der Waals surface area contributed by atoms with Gasteiger partial charge in [0.05, 0.1) is 10.4 Å². The number of benzene rings is 12. The van der Waals surface area contributed by atoms with Crippen molar-refractivity contribution >= 4 is 163 Å². The van der Waals surface area contributed by atoms with Crippen molar-refractivity contribution in [2.45, 2.75) is 44.4 Å². The Morgan fingerprint density at radius 1 is 0.388 bits per heavy atom. The van der Waals surface area contributed by atoms with Gasteiger partial charge in [-0.25, -0.2) is 0 Å². The summed E-state index contributed by atoms with van der Waals surface area (Å²) in [6.07, 6.45) is 6.51. The predicted molar refractivity (Wildman–Crippen MR) is 359 cm³/mol. The Balaban J connectivity index is 0.801. The summed E-state index contributed by atoms with van der Waals surface area (Å²) in [5.74, 6) is 1.88. The van der Waals surface area contributed by atoms with Crippen LogP contribution in [0, 0.1) is 23.2 Å². The molecular weight excluding hydrogens is 1070 g/mol. The first kappa shape index (κ1) is 47.2. The van der Waals surface area contributed by atoms with Gasteiger partial charge in [0.1, 0.15) is 22.3 Å². The number of fused-ring (bicyclic) bond motifs is 18. The van der Waals surface area contributed by atoms with Crippen molar-refractivity contribution in [1.82, 2.24) is 0 Å². The van der Waals surface area contributed by atoms with Gasteiger partial charge in [-0.1, -0.05) is 116 Å². The predicted octanol–water partition coefficient (Wildman–Crippen LogP) is 23.6. The maximum Gasteiger partial charge on any atom is 0.137 e. The van der Waals surface area contributed by atoms with Crippen LogP contribution in [0.1, 0.15) is 50.2 Å². The summed E-state index contributed by atoms with van der Waals surface area (Å²) in [5.41, 5.74) is 16.7. The second-order valence-corrected chi connectivity index (χ2v) is 27.8. The van der Waals surface area contributed by atoms with E-state index < -0.39 is 0 Å². The molecular formula is C79H54N2O2S2. The molecule has 4 nitrogen and oxygen atoms in total. The molecule has 4 heterocycles. The van der Waals surface area contributed by atoms with Gasteiger partial charge in [0.25, 0.3) is 0 Å². The molecule has 0 radical (unpaired) electrons. The van der Waals surface area contributed by atoms with E-state index in [-0.39, 0.29) is 5.41 Å². The number of furan rings is 2. The molecule has 21 rings (SSSR count). The molecule has 12 aromatic carbocycles. The number of hydrogen-bond acceptors (Lipinski definition) is 6. The maximum atomic E-state index is 6.86. The van der Waals surface area contributed by atoms with Gasteiger partial charge in [-0.2, -0.15) is 0 Å². The minimum absolute atomic E-state index is 0.123. The van der Waals surface area contributed by atoms with Gasteiger partial charge >= 0.3 is 0 Å². The van der Waals surface area contributed by atoms with Crippen LogP contribution in [-0.4, -0.2) is 0 Å². The SMILES string of the molecule is CC12CC3CC(C1)C1(c4cc5sc6cc(N(c7ccccc7)c7ccc8c(c7)oc7cc9ccccc9cc78)ccc6c5cc4-c4c1cc(N(c1ccccc1)c1ccc5c(c1)oc1cc6ccccc6cc15)c1sc5ccccc5c41)C(C3)C2. The summed E-state index contributed by atoms with van der Waals surface area (Å²) in [7, 11) is 0. The molecule has 4 aromatic heterocycles. The first-order valence-corrected chi connectivity index (χ1v) is 31.9. The molecule has 0 aliphatic heterocycles. The summed E-state index contributed by atoms with van der Waals surface area (Å²) in [6.45, 7) is 2.64. The fraction of sp³-hybridized carbons (Fsp3) is 0.139. The molecule has 0 saturated heterocycles. The molecule has 4 saturated carbocycles. The molecule has 2 atom stereocenters. The van der Waals surface area contributed by atoms with Crippen LogP contribution in [0.4, 0.5) is 34.1 Å². The third-order valence-corrected chi connectivity index (χ3v) is 23.2. The smallest absolute Gasteiger partial charge is 0.137 e. The molecule has 2 unspecified atom stereocenters. The zero-order chi connectivity index (χ0) is 55.4. The van der Waals surface area contributed by atoms with Gasteiger partial charge in [-0.05, 0) is 208 Å². The summed E-state index contributed by atoms with van der Waals surface area (Å²) in [4.78, 5) is 4.96. The van der Waals surface area contributed by atoms with Gasteiger partial charge in [-0.3, -0.25) is 0 Å². The summed E-state index contributed by atoms with van der Waals surface area (Å²) < 4.78 is 18.9. The number of thiophene rings is 2. The maximum absolute atomic E-state index is 6.86. The van der Waals surface area contributed by atoms with Gasteiger partial charge in [0, 0.05) is 103 Å². The van der Waals surface area contributed by atoms with Gasteiger partial charge in [0.2, 0.25) is 0 Å². The number of hydrogen-bond donors (Lipinski definition) is 0. The van der Waals surface area contributed by atoms with Crippen LogP contribution in [0.15, 0.2) is 239 Å². The average Bonchev–Trinajstić information content (AvgIpc) is 1.66. The number of rotatable bonds is 6. The van der Waals surface area contributed by atoms with Crippen molar-refractivity contribution in [2.24, 2.45) is 23.2 Å². The Hall–Kier alpha value is -9.20. The van der Waals surface area contributed by atoms with Crippen molar-refractivity contribution in [3.63, 3.8) is 0 Å². The largest absolute Gasteiger partial charge is 0.456 e. The Morgan fingerprint density at radius 2 is 0.918 bits per heavy atom. The number of nitrogens with zero attached hydrogens (tertiary/aromatic N) is 2. The Bertz CT molecular complexity index is 5540. The lowest BCUT2D eigenvalue weighted by Crippen LogP contribution is -2.58. The van der Waals surface area contributed by atoms with Crippen molar-refractivity contribution in [2.75, 3.05) is 9.80 Å². The van der Waals surface area contributed by atoms with Crippen LogP contribution < -0.4 is 9.80 Å². The van der Waals surface area contributed by atoms with Crippen LogP contribution in [0.25, 0.3) is 117 Å². The highest BCUT2D eigenvalue weighted by Crippen LogP contribution is 2.74. The van der Waals surface area contributed by atoms with E-state index in [1.165, 1.54) is 111 Å². The zero-order valence-corrected chi connectivity index (χ0v) is 48.4. The highest BCUT2D eigenvalue weighted by molar-refractivity contribution is 7.26. The van der Waals surface area contributed by atoms with Crippen molar-refractivity contribution in [3.05, 3.63) is 242 Å². The molecule has 4 fully saturated rings. The highest BCUT2D eigenvalue weighted by Gasteiger charge is 2.65. The molecule has 5 aliphatic carbocycles. The summed E-state index contributed by atoms with van der Waals surface area (Å²) in [6, 6.07) is 86.3. The summed E-state index contributed by atoms with van der Waals surface area (Å²) >= 11 is 3.93. The molecule has 404 valence electrons. The fourth-order valence-corrected chi connectivity index (χ4v) is 20.2. The normalized spacial score (nSPS) is 20.5. The number of para-hydroxylation sites is 2. The van der Waals surface area contributed by atoms with E-state index in [4.69, 9.17) is 8.83 Å². The summed E-state index contributed by atoms with van der Waals surface area (Å²) in [5, 5.41) is 14.8. The molecule has 4 bridgehead atoms. The van der Waals surface area contributed by atoms with Crippen LogP contribution in [0.2, 0.25) is 0 Å². The van der Waals surface area contributed by atoms with Gasteiger partial charge in [-0.15, -0.1) is 22.7 Å². The zero-order valence-electron chi connectivity index (χ0n) is 46.7. The fourth-order valence-electron chi connectivity index (χ4n) is 17.8. The first-order chi connectivity index (χ1) is 41.9. The second-order valence-electron chi connectivity index (χ2n) is 25.6. The first-order valence-electron chi connectivity index (χ1n) is 30.3. The Morgan fingerprint density at radius 3 is 1.55 bits per heavy atom. The lowest BCUT2D eigenvalue weighted by molar-refractivity contribution is -0.0888. The minimum atomic E-state index is -0.123. The monoisotopic (exact) mass is 1130 g/mol. The van der Waals surface area contributed by atoms with Crippen LogP contribution >= 0.6 is 22.7 Å². The van der Waals surface area contributed by atoms with E-state index in [1.807, 2.05) is 22.7 Å². The van der Waals surface area contributed by atoms with Gasteiger partial charge < -0.3 is 18.6 Å². The molecule has 0 N–H and O–H groups in total. The van der Waals surface area contributed by atoms with E-state index in [0.717, 1.165) is 78.2 Å². The van der Waals surface area contributed by atoms with Gasteiger partial charge in [0.15, 0.2) is 0 Å². The number of anilines is 6. The Kier molecular flexibility index (Phi) is 9.44. The molecule has 0 amide bonds. The molecule has 1 spiro atoms. The third kappa shape index (κ3) is 6.56. The third-order valence-electron chi connectivity index (χ3n) is 20.9. The average molecular weight is 1130 g/mol. The molecule has 6 heteroatoms. The van der Waals surface area contributed by atoms with Crippen molar-refractivity contribution in [3.8, 4) is 11.1 Å². The van der Waals surface area contributed by atoms with E-state index in [1.54, 1.807) is 11.1 Å². The van der Waals surface area contributed by atoms with Crippen molar-refractivity contribution in [1.29, 1.82) is 0 Å². The Labute approximate surface area is 498 Å². The lowest BCUT2D eigenvalue weighted by Gasteiger charge is -2.64. The van der Waals surface area contributed by atoms with E-state index in [2.05, 4.69) is 247 Å². The molecule has 85 heavy (non-hydrogen) atoms. The standard InChI is InChI=1S/C79H54N2O2S2/c1-78-42-45-30-50(43-78)79(51(31-45)44-78)65-41-74-63(59-29-26-56(38-73(59)84-74)80(52-18-4-2-5-19-52)54-24-27-57-61-32-46-14-8-10-16-48(46)34-68(61)82-70(57)36-54)39-64(65)75-66(79)40-67(77-76(75)60-22-12-13-23-72(60)85-77)81(53-20-6-3-7-21-53)55-25-28-58-62-33-47-15-9-11-17-49(47)35-69(62)83-71(58)37-55/h2-29,32-41,45,50-51H,30-31,42-44H2,1H3.